The van der Waals surface area contributed by atoms with Crippen LogP contribution in [-0.2, 0) is 4.74 Å². The van der Waals surface area contributed by atoms with Gasteiger partial charge in [0, 0.05) is 12.7 Å². The molecule has 132 valence electrons. The summed E-state index contributed by atoms with van der Waals surface area (Å²) in [5, 5.41) is 0.209. The van der Waals surface area contributed by atoms with Crippen LogP contribution in [0.25, 0.3) is 0 Å². The average Bonchev–Trinajstić information content (AvgIpc) is 2.66. The molecule has 1 aliphatic rings. The molecule has 1 aromatic heterocycles. The number of rotatable bonds is 5. The molecule has 0 spiro atoms. The Hall–Kier alpha value is -2.31. The normalized spacial score (nSPS) is 17.2. The van der Waals surface area contributed by atoms with Crippen molar-refractivity contribution >= 4 is 17.5 Å². The second kappa shape index (κ2) is 8.18. The van der Waals surface area contributed by atoms with Gasteiger partial charge in [0.1, 0.15) is 17.9 Å². The van der Waals surface area contributed by atoms with Crippen LogP contribution in [0.5, 0.6) is 11.5 Å². The zero-order chi connectivity index (χ0) is 17.6. The molecule has 1 aromatic carbocycles. The molecular formula is C18H19ClN2O4. The van der Waals surface area contributed by atoms with Crippen LogP contribution in [-0.4, -0.2) is 55.3 Å². The fourth-order valence-corrected chi connectivity index (χ4v) is 2.84. The van der Waals surface area contributed by atoms with Crippen molar-refractivity contribution in [2.45, 2.75) is 6.10 Å². The average molecular weight is 363 g/mol. The Balaban J connectivity index is 1.61. The van der Waals surface area contributed by atoms with Gasteiger partial charge in [-0.3, -0.25) is 4.79 Å². The number of aromatic nitrogens is 1. The van der Waals surface area contributed by atoms with Gasteiger partial charge in [0.25, 0.3) is 5.91 Å². The predicted molar refractivity (Wildman–Crippen MR) is 93.4 cm³/mol. The fraction of sp³-hybridized carbons (Fsp3) is 0.333. The third kappa shape index (κ3) is 4.21. The highest BCUT2D eigenvalue weighted by molar-refractivity contribution is 6.32. The van der Waals surface area contributed by atoms with Crippen molar-refractivity contribution in [1.29, 1.82) is 0 Å². The van der Waals surface area contributed by atoms with E-state index in [4.69, 9.17) is 25.8 Å². The largest absolute Gasteiger partial charge is 0.493 e. The van der Waals surface area contributed by atoms with E-state index in [9.17, 15) is 4.79 Å². The number of halogens is 1. The quantitative estimate of drug-likeness (QED) is 0.765. The Bertz CT molecular complexity index is 741. The van der Waals surface area contributed by atoms with Gasteiger partial charge in [0.05, 0.1) is 25.8 Å². The number of carbonyl (C=O) groups is 1. The molecular weight excluding hydrogens is 344 g/mol. The van der Waals surface area contributed by atoms with Crippen molar-refractivity contribution < 1.29 is 19.0 Å². The van der Waals surface area contributed by atoms with Crippen molar-refractivity contribution in [3.05, 3.63) is 53.3 Å². The molecule has 1 aliphatic heterocycles. The zero-order valence-electron chi connectivity index (χ0n) is 13.9. The van der Waals surface area contributed by atoms with E-state index in [1.54, 1.807) is 30.3 Å². The summed E-state index contributed by atoms with van der Waals surface area (Å²) >= 11 is 6.02. The molecule has 0 bridgehead atoms. The fourth-order valence-electron chi connectivity index (χ4n) is 2.64. The van der Waals surface area contributed by atoms with Gasteiger partial charge in [-0.15, -0.1) is 0 Å². The lowest BCUT2D eigenvalue weighted by Crippen LogP contribution is -2.47. The number of carbonyl (C=O) groups excluding carboxylic acids is 1. The summed E-state index contributed by atoms with van der Waals surface area (Å²) in [4.78, 5) is 18.3. The van der Waals surface area contributed by atoms with Crippen LogP contribution in [0, 0.1) is 0 Å². The Labute approximate surface area is 151 Å². The molecule has 0 radical (unpaired) electrons. The molecule has 0 saturated carbocycles. The number of pyridine rings is 1. The monoisotopic (exact) mass is 362 g/mol. The first-order valence-corrected chi connectivity index (χ1v) is 8.34. The van der Waals surface area contributed by atoms with Crippen LogP contribution in [0.15, 0.2) is 42.6 Å². The highest BCUT2D eigenvalue weighted by Crippen LogP contribution is 2.26. The van der Waals surface area contributed by atoms with Crippen LogP contribution in [0.1, 0.15) is 10.4 Å². The number of benzene rings is 1. The molecule has 2 aromatic rings. The first kappa shape index (κ1) is 17.5. The number of hydrogen-bond acceptors (Lipinski definition) is 5. The van der Waals surface area contributed by atoms with E-state index in [1.807, 2.05) is 24.3 Å². The third-order valence-electron chi connectivity index (χ3n) is 3.91. The summed E-state index contributed by atoms with van der Waals surface area (Å²) in [5.41, 5.74) is 0.399. The SMILES string of the molecule is COc1ccccc1OC[C@@H]1CN(C(=O)c2cccnc2Cl)CCO1. The molecule has 3 rings (SSSR count). The van der Waals surface area contributed by atoms with Crippen molar-refractivity contribution in [3.63, 3.8) is 0 Å². The summed E-state index contributed by atoms with van der Waals surface area (Å²) in [5.74, 6) is 1.16. The van der Waals surface area contributed by atoms with Crippen molar-refractivity contribution in [3.8, 4) is 11.5 Å². The van der Waals surface area contributed by atoms with Crippen LogP contribution in [0.3, 0.4) is 0 Å². The second-order valence-corrected chi connectivity index (χ2v) is 5.91. The number of morpholine rings is 1. The van der Waals surface area contributed by atoms with Gasteiger partial charge in [-0.25, -0.2) is 4.98 Å². The van der Waals surface area contributed by atoms with Gasteiger partial charge < -0.3 is 19.1 Å². The van der Waals surface area contributed by atoms with Crippen LogP contribution >= 0.6 is 11.6 Å². The number of hydrogen-bond donors (Lipinski definition) is 0. The third-order valence-corrected chi connectivity index (χ3v) is 4.21. The molecule has 1 atom stereocenters. The van der Waals surface area contributed by atoms with Crippen molar-refractivity contribution in [1.82, 2.24) is 9.88 Å². The Morgan fingerprint density at radius 1 is 1.32 bits per heavy atom. The van der Waals surface area contributed by atoms with Crippen LogP contribution in [0.2, 0.25) is 5.15 Å². The second-order valence-electron chi connectivity index (χ2n) is 5.55. The lowest BCUT2D eigenvalue weighted by molar-refractivity contribution is -0.0403. The molecule has 2 heterocycles. The molecule has 0 N–H and O–H groups in total. The maximum absolute atomic E-state index is 12.6. The van der Waals surface area contributed by atoms with Gasteiger partial charge in [-0.05, 0) is 24.3 Å². The lowest BCUT2D eigenvalue weighted by Gasteiger charge is -2.33. The zero-order valence-corrected chi connectivity index (χ0v) is 14.6. The number of amides is 1. The summed E-state index contributed by atoms with van der Waals surface area (Å²) in [7, 11) is 1.59. The number of ether oxygens (including phenoxy) is 3. The summed E-state index contributed by atoms with van der Waals surface area (Å²) in [6, 6.07) is 10.8. The van der Waals surface area contributed by atoms with E-state index in [2.05, 4.69) is 4.98 Å². The van der Waals surface area contributed by atoms with E-state index in [0.717, 1.165) is 0 Å². The molecule has 25 heavy (non-hydrogen) atoms. The molecule has 1 fully saturated rings. The highest BCUT2D eigenvalue weighted by atomic mass is 35.5. The maximum Gasteiger partial charge on any atom is 0.257 e. The first-order valence-electron chi connectivity index (χ1n) is 7.96. The number of para-hydroxylation sites is 2. The Morgan fingerprint density at radius 3 is 2.88 bits per heavy atom. The molecule has 1 amide bonds. The van der Waals surface area contributed by atoms with Gasteiger partial charge in [0.15, 0.2) is 11.5 Å². The minimum Gasteiger partial charge on any atom is -0.493 e. The number of nitrogens with zero attached hydrogens (tertiary/aromatic N) is 2. The Kier molecular flexibility index (Phi) is 5.73. The molecule has 0 unspecified atom stereocenters. The molecule has 6 nitrogen and oxygen atoms in total. The molecule has 0 aliphatic carbocycles. The van der Waals surface area contributed by atoms with E-state index >= 15 is 0 Å². The van der Waals surface area contributed by atoms with Gasteiger partial charge in [-0.1, -0.05) is 23.7 Å². The van der Waals surface area contributed by atoms with Crippen molar-refractivity contribution in [2.24, 2.45) is 0 Å². The molecule has 7 heteroatoms. The van der Waals surface area contributed by atoms with E-state index in [0.29, 0.717) is 43.4 Å². The van der Waals surface area contributed by atoms with Crippen LogP contribution in [0.4, 0.5) is 0 Å². The minimum atomic E-state index is -0.224. The van der Waals surface area contributed by atoms with Gasteiger partial charge in [-0.2, -0.15) is 0 Å². The van der Waals surface area contributed by atoms with E-state index in [-0.39, 0.29) is 17.2 Å². The van der Waals surface area contributed by atoms with Gasteiger partial charge in [0.2, 0.25) is 0 Å². The Morgan fingerprint density at radius 2 is 2.12 bits per heavy atom. The van der Waals surface area contributed by atoms with E-state index < -0.39 is 0 Å². The highest BCUT2D eigenvalue weighted by Gasteiger charge is 2.27. The minimum absolute atomic E-state index is 0.149. The summed E-state index contributed by atoms with van der Waals surface area (Å²) < 4.78 is 16.8. The topological polar surface area (TPSA) is 60.9 Å². The smallest absolute Gasteiger partial charge is 0.257 e. The maximum atomic E-state index is 12.6. The lowest BCUT2D eigenvalue weighted by atomic mass is 10.2. The van der Waals surface area contributed by atoms with Crippen molar-refractivity contribution in [2.75, 3.05) is 33.4 Å². The van der Waals surface area contributed by atoms with Gasteiger partial charge >= 0.3 is 0 Å². The summed E-state index contributed by atoms with van der Waals surface area (Å²) in [6.07, 6.45) is 1.33. The predicted octanol–water partition coefficient (Wildman–Crippen LogP) is 2.66. The summed E-state index contributed by atoms with van der Waals surface area (Å²) in [6.45, 7) is 1.71. The van der Waals surface area contributed by atoms with Crippen LogP contribution < -0.4 is 9.47 Å². The number of methoxy groups -OCH3 is 1. The molecule has 1 saturated heterocycles. The standard InChI is InChI=1S/C18H19ClN2O4/c1-23-15-6-2-3-7-16(15)25-12-13-11-21(9-10-24-13)18(22)14-5-4-8-20-17(14)19/h2-8,13H,9-12H2,1H3/t13-/m0/s1. The first-order chi connectivity index (χ1) is 12.2. The van der Waals surface area contributed by atoms with E-state index in [1.165, 1.54) is 0 Å².